The van der Waals surface area contributed by atoms with Gasteiger partial charge in [-0.2, -0.15) is 0 Å². The normalized spacial score (nSPS) is 23.7. The van der Waals surface area contributed by atoms with Gasteiger partial charge in [-0.25, -0.2) is 18.2 Å². The average Bonchev–Trinajstić information content (AvgIpc) is 3.06. The van der Waals surface area contributed by atoms with Gasteiger partial charge in [-0.3, -0.25) is 4.90 Å². The van der Waals surface area contributed by atoms with Gasteiger partial charge >= 0.3 is 0 Å². The molecule has 0 spiro atoms. The molecule has 1 aromatic heterocycles. The van der Waals surface area contributed by atoms with Gasteiger partial charge in [0.2, 0.25) is 0 Å². The highest BCUT2D eigenvalue weighted by molar-refractivity contribution is 5.44. The summed E-state index contributed by atoms with van der Waals surface area (Å²) in [5, 5.41) is 0. The van der Waals surface area contributed by atoms with Gasteiger partial charge in [-0.05, 0) is 36.2 Å². The highest BCUT2D eigenvalue weighted by Gasteiger charge is 2.44. The molecule has 1 aromatic carbocycles. The summed E-state index contributed by atoms with van der Waals surface area (Å²) in [7, 11) is 0. The number of pyridine rings is 1. The number of anilines is 1. The summed E-state index contributed by atoms with van der Waals surface area (Å²) in [5.41, 5.74) is 0.630. The smallest absolute Gasteiger partial charge is 0.165 e. The Labute approximate surface area is 132 Å². The van der Waals surface area contributed by atoms with Crippen molar-refractivity contribution in [1.82, 2.24) is 9.88 Å². The molecular weight excluding hydrogens is 303 g/mol. The Kier molecular flexibility index (Phi) is 3.49. The summed E-state index contributed by atoms with van der Waals surface area (Å²) in [6.07, 6.45) is 2.52. The number of rotatable bonds is 3. The van der Waals surface area contributed by atoms with E-state index in [0.29, 0.717) is 24.5 Å². The molecule has 0 saturated carbocycles. The number of fused-ring (bicyclic) bond motifs is 2. The number of likely N-dealkylation sites (tertiary alicyclic amines) is 1. The minimum Gasteiger partial charge on any atom is -0.348 e. The van der Waals surface area contributed by atoms with Crippen LogP contribution in [0.3, 0.4) is 0 Å². The van der Waals surface area contributed by atoms with E-state index in [1.807, 2.05) is 4.90 Å². The van der Waals surface area contributed by atoms with Crippen LogP contribution in [0.1, 0.15) is 12.0 Å². The second-order valence-corrected chi connectivity index (χ2v) is 6.21. The predicted molar refractivity (Wildman–Crippen MR) is 80.5 cm³/mol. The third-order valence-electron chi connectivity index (χ3n) is 4.67. The number of nitrogens with zero attached hydrogens (tertiary/aromatic N) is 3. The van der Waals surface area contributed by atoms with Crippen molar-refractivity contribution in [2.24, 2.45) is 0 Å². The van der Waals surface area contributed by atoms with Gasteiger partial charge in [-0.15, -0.1) is 0 Å². The molecule has 2 fully saturated rings. The van der Waals surface area contributed by atoms with Gasteiger partial charge in [0.15, 0.2) is 11.6 Å². The van der Waals surface area contributed by atoms with Crippen molar-refractivity contribution in [2.75, 3.05) is 18.0 Å². The van der Waals surface area contributed by atoms with Crippen LogP contribution in [0.4, 0.5) is 19.0 Å². The first kappa shape index (κ1) is 14.5. The maximum absolute atomic E-state index is 13.9. The van der Waals surface area contributed by atoms with Crippen LogP contribution in [-0.2, 0) is 6.54 Å². The first-order valence-electron chi connectivity index (χ1n) is 7.66. The average molecular weight is 319 g/mol. The zero-order valence-electron chi connectivity index (χ0n) is 12.4. The lowest BCUT2D eigenvalue weighted by molar-refractivity contribution is 0.229. The van der Waals surface area contributed by atoms with Crippen molar-refractivity contribution >= 4 is 5.82 Å². The minimum absolute atomic E-state index is 0.197. The summed E-state index contributed by atoms with van der Waals surface area (Å²) in [6, 6.07) is 7.07. The highest BCUT2D eigenvalue weighted by atomic mass is 19.1. The molecule has 23 heavy (non-hydrogen) atoms. The van der Waals surface area contributed by atoms with Crippen LogP contribution in [0.25, 0.3) is 0 Å². The van der Waals surface area contributed by atoms with Crippen molar-refractivity contribution in [1.29, 1.82) is 0 Å². The molecule has 3 nitrogen and oxygen atoms in total. The molecule has 2 aromatic rings. The molecule has 2 aliphatic rings. The zero-order chi connectivity index (χ0) is 16.0. The van der Waals surface area contributed by atoms with E-state index in [4.69, 9.17) is 0 Å². The van der Waals surface area contributed by atoms with Gasteiger partial charge < -0.3 is 4.90 Å². The molecule has 0 amide bonds. The van der Waals surface area contributed by atoms with Crippen molar-refractivity contribution in [3.8, 4) is 0 Å². The minimum atomic E-state index is -0.554. The second kappa shape index (κ2) is 5.53. The molecule has 2 unspecified atom stereocenters. The topological polar surface area (TPSA) is 19.4 Å². The van der Waals surface area contributed by atoms with E-state index in [-0.39, 0.29) is 17.9 Å². The molecule has 0 aliphatic carbocycles. The Morgan fingerprint density at radius 2 is 1.83 bits per heavy atom. The fraction of sp³-hybridized carbons (Fsp3) is 0.353. The molecule has 6 heteroatoms. The van der Waals surface area contributed by atoms with Gasteiger partial charge in [-0.1, -0.05) is 0 Å². The van der Waals surface area contributed by atoms with Crippen molar-refractivity contribution in [2.45, 2.75) is 25.0 Å². The molecule has 3 heterocycles. The first-order valence-corrected chi connectivity index (χ1v) is 7.66. The second-order valence-electron chi connectivity index (χ2n) is 6.21. The number of hydrogen-bond donors (Lipinski definition) is 0. The largest absolute Gasteiger partial charge is 0.348 e. The predicted octanol–water partition coefficient (Wildman–Crippen LogP) is 2.96. The van der Waals surface area contributed by atoms with Crippen LogP contribution in [0, 0.1) is 17.5 Å². The van der Waals surface area contributed by atoms with Crippen molar-refractivity contribution in [3.05, 3.63) is 59.5 Å². The van der Waals surface area contributed by atoms with Gasteiger partial charge in [0, 0.05) is 44.0 Å². The van der Waals surface area contributed by atoms with Gasteiger partial charge in [0.05, 0.1) is 0 Å². The van der Waals surface area contributed by atoms with Crippen molar-refractivity contribution < 1.29 is 13.2 Å². The Hall–Kier alpha value is -2.08. The molecule has 4 rings (SSSR count). The molecule has 2 atom stereocenters. The number of aromatic nitrogens is 1. The third kappa shape index (κ3) is 2.67. The standard InChI is InChI=1S/C17H16F3N3/c18-12-4-11(5-13(19)6-12)8-22-9-15-7-14(22)10-23(15)17-16(20)2-1-3-21-17/h1-6,14-15H,7-10H2. The number of hydrogen-bond acceptors (Lipinski definition) is 3. The number of halogens is 3. The lowest BCUT2D eigenvalue weighted by Gasteiger charge is -2.35. The summed E-state index contributed by atoms with van der Waals surface area (Å²) < 4.78 is 40.5. The van der Waals surface area contributed by atoms with Gasteiger partial charge in [0.1, 0.15) is 11.6 Å². The molecule has 2 saturated heterocycles. The van der Waals surface area contributed by atoms with E-state index < -0.39 is 11.6 Å². The maximum Gasteiger partial charge on any atom is 0.165 e. The maximum atomic E-state index is 13.9. The van der Waals surface area contributed by atoms with E-state index in [9.17, 15) is 13.2 Å². The van der Waals surface area contributed by atoms with E-state index in [1.54, 1.807) is 12.3 Å². The lowest BCUT2D eigenvalue weighted by Crippen LogP contribution is -2.46. The van der Waals surface area contributed by atoms with Crippen LogP contribution >= 0.6 is 0 Å². The lowest BCUT2D eigenvalue weighted by atomic mass is 10.2. The summed E-state index contributed by atoms with van der Waals surface area (Å²) >= 11 is 0. The molecule has 2 bridgehead atoms. The van der Waals surface area contributed by atoms with Crippen LogP contribution in [0.15, 0.2) is 36.5 Å². The van der Waals surface area contributed by atoms with Crippen LogP contribution in [0.2, 0.25) is 0 Å². The van der Waals surface area contributed by atoms with Crippen LogP contribution in [0.5, 0.6) is 0 Å². The quantitative estimate of drug-likeness (QED) is 0.867. The van der Waals surface area contributed by atoms with Crippen molar-refractivity contribution in [3.63, 3.8) is 0 Å². The highest BCUT2D eigenvalue weighted by Crippen LogP contribution is 2.35. The zero-order valence-corrected chi connectivity index (χ0v) is 12.4. The van der Waals surface area contributed by atoms with Crippen LogP contribution in [-0.4, -0.2) is 35.1 Å². The Morgan fingerprint density at radius 1 is 1.04 bits per heavy atom. The van der Waals surface area contributed by atoms with E-state index in [2.05, 4.69) is 9.88 Å². The molecular formula is C17H16F3N3. The van der Waals surface area contributed by atoms with Crippen LogP contribution < -0.4 is 4.90 Å². The molecule has 2 aliphatic heterocycles. The molecule has 0 N–H and O–H groups in total. The molecule has 120 valence electrons. The SMILES string of the molecule is Fc1cc(F)cc(CN2CC3CC2CN3c2ncccc2F)c1. The monoisotopic (exact) mass is 319 g/mol. The molecule has 0 radical (unpaired) electrons. The van der Waals surface area contributed by atoms with Gasteiger partial charge in [0.25, 0.3) is 0 Å². The van der Waals surface area contributed by atoms with E-state index >= 15 is 0 Å². The Morgan fingerprint density at radius 3 is 2.48 bits per heavy atom. The third-order valence-corrected chi connectivity index (χ3v) is 4.67. The number of piperazine rings is 1. The Bertz CT molecular complexity index is 717. The summed E-state index contributed by atoms with van der Waals surface area (Å²) in [4.78, 5) is 8.35. The Balaban J connectivity index is 1.48. The van der Waals surface area contributed by atoms with E-state index in [0.717, 1.165) is 19.0 Å². The summed E-state index contributed by atoms with van der Waals surface area (Å²) in [6.45, 7) is 1.95. The number of benzene rings is 1. The fourth-order valence-electron chi connectivity index (χ4n) is 3.73. The van der Waals surface area contributed by atoms with E-state index in [1.165, 1.54) is 18.2 Å². The first-order chi connectivity index (χ1) is 11.1. The summed E-state index contributed by atoms with van der Waals surface area (Å²) in [5.74, 6) is -1.02. The fourth-order valence-corrected chi connectivity index (χ4v) is 3.73.